The van der Waals surface area contributed by atoms with E-state index in [1.54, 1.807) is 7.05 Å². The van der Waals surface area contributed by atoms with Crippen LogP contribution in [-0.4, -0.2) is 43.4 Å². The highest BCUT2D eigenvalue weighted by molar-refractivity contribution is 5.82. The summed E-state index contributed by atoms with van der Waals surface area (Å²) in [5, 5.41) is 3.95. The average Bonchev–Trinajstić information content (AvgIpc) is 2.52. The number of hydroxylamine groups is 2. The van der Waals surface area contributed by atoms with Crippen LogP contribution in [0.25, 0.3) is 0 Å². The van der Waals surface area contributed by atoms with Gasteiger partial charge in [-0.1, -0.05) is 30.3 Å². The standard InChI is InChI=1S/C18H28N2O4/c1-18(2,3)24-17(22)19-13-9-12-15(16(21)20(4)23-5)14-10-7-6-8-11-14/h6-8,10-11,15H,9,12-13H2,1-5H3,(H,19,22). The van der Waals surface area contributed by atoms with Crippen molar-refractivity contribution in [3.8, 4) is 0 Å². The minimum atomic E-state index is -0.520. The maximum atomic E-state index is 12.5. The summed E-state index contributed by atoms with van der Waals surface area (Å²) in [5.41, 5.74) is 0.414. The molecule has 134 valence electrons. The van der Waals surface area contributed by atoms with Crippen molar-refractivity contribution in [1.82, 2.24) is 10.4 Å². The van der Waals surface area contributed by atoms with E-state index >= 15 is 0 Å². The third-order valence-corrected chi connectivity index (χ3v) is 3.42. The Labute approximate surface area is 144 Å². The summed E-state index contributed by atoms with van der Waals surface area (Å²) in [6, 6.07) is 9.57. The van der Waals surface area contributed by atoms with E-state index in [1.165, 1.54) is 12.2 Å². The molecule has 0 aliphatic carbocycles. The van der Waals surface area contributed by atoms with Crippen LogP contribution in [0, 0.1) is 0 Å². The number of ether oxygens (including phenoxy) is 1. The van der Waals surface area contributed by atoms with Crippen LogP contribution in [-0.2, 0) is 14.4 Å². The van der Waals surface area contributed by atoms with Crippen LogP contribution in [0.15, 0.2) is 30.3 Å². The fraction of sp³-hybridized carbons (Fsp3) is 0.556. The lowest BCUT2D eigenvalue weighted by atomic mass is 9.93. The Morgan fingerprint density at radius 2 is 1.83 bits per heavy atom. The first-order valence-corrected chi connectivity index (χ1v) is 8.08. The molecule has 1 N–H and O–H groups in total. The first-order valence-electron chi connectivity index (χ1n) is 8.08. The Hall–Kier alpha value is -2.08. The fourth-order valence-electron chi connectivity index (χ4n) is 2.24. The summed E-state index contributed by atoms with van der Waals surface area (Å²) in [6.07, 6.45) is 0.813. The van der Waals surface area contributed by atoms with Gasteiger partial charge in [0.05, 0.1) is 13.0 Å². The van der Waals surface area contributed by atoms with Gasteiger partial charge in [0.25, 0.3) is 5.91 Å². The molecule has 0 radical (unpaired) electrons. The molecule has 1 unspecified atom stereocenters. The zero-order chi connectivity index (χ0) is 18.2. The largest absolute Gasteiger partial charge is 0.444 e. The van der Waals surface area contributed by atoms with E-state index in [9.17, 15) is 9.59 Å². The number of carbonyl (C=O) groups is 2. The molecule has 0 aliphatic heterocycles. The third kappa shape index (κ3) is 7.00. The van der Waals surface area contributed by atoms with Crippen molar-refractivity contribution >= 4 is 12.0 Å². The number of rotatable bonds is 7. The van der Waals surface area contributed by atoms with Crippen LogP contribution in [0.2, 0.25) is 0 Å². The molecule has 6 heteroatoms. The number of nitrogens with one attached hydrogen (secondary N) is 1. The Bertz CT molecular complexity index is 526. The lowest BCUT2D eigenvalue weighted by Gasteiger charge is -2.22. The number of nitrogens with zero attached hydrogens (tertiary/aromatic N) is 1. The lowest BCUT2D eigenvalue weighted by molar-refractivity contribution is -0.170. The van der Waals surface area contributed by atoms with E-state index in [-0.39, 0.29) is 11.8 Å². The second-order valence-electron chi connectivity index (χ2n) is 6.55. The second kappa shape index (κ2) is 9.27. The van der Waals surface area contributed by atoms with Crippen molar-refractivity contribution in [2.75, 3.05) is 20.7 Å². The highest BCUT2D eigenvalue weighted by atomic mass is 16.7. The van der Waals surface area contributed by atoms with Crippen molar-refractivity contribution < 1.29 is 19.2 Å². The molecular formula is C18H28N2O4. The number of hydrogen-bond donors (Lipinski definition) is 1. The molecule has 0 saturated heterocycles. The normalized spacial score (nSPS) is 12.4. The van der Waals surface area contributed by atoms with Crippen LogP contribution in [0.3, 0.4) is 0 Å². The van der Waals surface area contributed by atoms with E-state index in [2.05, 4.69) is 5.32 Å². The number of alkyl carbamates (subject to hydrolysis) is 1. The summed E-state index contributed by atoms with van der Waals surface area (Å²) in [5.74, 6) is -0.419. The van der Waals surface area contributed by atoms with E-state index in [0.29, 0.717) is 19.4 Å². The number of carbonyl (C=O) groups excluding carboxylic acids is 2. The maximum Gasteiger partial charge on any atom is 0.407 e. The molecule has 0 spiro atoms. The van der Waals surface area contributed by atoms with Gasteiger partial charge in [-0.3, -0.25) is 9.63 Å². The molecule has 0 saturated carbocycles. The number of benzene rings is 1. The van der Waals surface area contributed by atoms with E-state index < -0.39 is 11.7 Å². The highest BCUT2D eigenvalue weighted by Crippen LogP contribution is 2.23. The predicted molar refractivity (Wildman–Crippen MR) is 92.4 cm³/mol. The highest BCUT2D eigenvalue weighted by Gasteiger charge is 2.24. The Kier molecular flexibility index (Phi) is 7.71. The van der Waals surface area contributed by atoms with Gasteiger partial charge in [-0.2, -0.15) is 0 Å². The summed E-state index contributed by atoms with van der Waals surface area (Å²) < 4.78 is 5.19. The Morgan fingerprint density at radius 3 is 2.38 bits per heavy atom. The fourth-order valence-corrected chi connectivity index (χ4v) is 2.24. The van der Waals surface area contributed by atoms with Crippen molar-refractivity contribution in [1.29, 1.82) is 0 Å². The first-order chi connectivity index (χ1) is 11.2. The van der Waals surface area contributed by atoms with Gasteiger partial charge in [-0.05, 0) is 39.2 Å². The van der Waals surface area contributed by atoms with Crippen LogP contribution < -0.4 is 5.32 Å². The van der Waals surface area contributed by atoms with Gasteiger partial charge in [0.15, 0.2) is 0 Å². The van der Waals surface area contributed by atoms with Crippen LogP contribution in [0.5, 0.6) is 0 Å². The van der Waals surface area contributed by atoms with Crippen molar-refractivity contribution in [3.63, 3.8) is 0 Å². The average molecular weight is 336 g/mol. The molecule has 0 aromatic heterocycles. The molecule has 0 bridgehead atoms. The molecule has 1 atom stereocenters. The molecule has 1 aromatic carbocycles. The van der Waals surface area contributed by atoms with Crippen molar-refractivity contribution in [3.05, 3.63) is 35.9 Å². The van der Waals surface area contributed by atoms with Gasteiger partial charge in [0.2, 0.25) is 0 Å². The minimum absolute atomic E-state index is 0.110. The molecule has 6 nitrogen and oxygen atoms in total. The lowest BCUT2D eigenvalue weighted by Crippen LogP contribution is -2.34. The Balaban J connectivity index is 2.58. The van der Waals surface area contributed by atoms with E-state index in [1.807, 2.05) is 51.1 Å². The summed E-state index contributed by atoms with van der Waals surface area (Å²) in [4.78, 5) is 29.1. The smallest absolute Gasteiger partial charge is 0.407 e. The van der Waals surface area contributed by atoms with Crippen molar-refractivity contribution in [2.45, 2.75) is 45.1 Å². The molecule has 0 fully saturated rings. The molecule has 0 heterocycles. The summed E-state index contributed by atoms with van der Waals surface area (Å²) >= 11 is 0. The van der Waals surface area contributed by atoms with Crippen LogP contribution in [0.4, 0.5) is 4.79 Å². The Morgan fingerprint density at radius 1 is 1.21 bits per heavy atom. The van der Waals surface area contributed by atoms with Gasteiger partial charge in [-0.15, -0.1) is 0 Å². The second-order valence-corrected chi connectivity index (χ2v) is 6.55. The number of hydrogen-bond acceptors (Lipinski definition) is 4. The van der Waals surface area contributed by atoms with E-state index in [4.69, 9.17) is 9.57 Å². The van der Waals surface area contributed by atoms with Gasteiger partial charge < -0.3 is 10.1 Å². The van der Waals surface area contributed by atoms with Gasteiger partial charge >= 0.3 is 6.09 Å². The summed E-state index contributed by atoms with van der Waals surface area (Å²) in [6.45, 7) is 5.90. The van der Waals surface area contributed by atoms with Crippen LogP contribution >= 0.6 is 0 Å². The minimum Gasteiger partial charge on any atom is -0.444 e. The number of likely N-dealkylation sites (N-methyl/N-ethyl adjacent to an activating group) is 1. The third-order valence-electron chi connectivity index (χ3n) is 3.42. The number of amides is 2. The zero-order valence-electron chi connectivity index (χ0n) is 15.2. The maximum absolute atomic E-state index is 12.5. The zero-order valence-corrected chi connectivity index (χ0v) is 15.2. The topological polar surface area (TPSA) is 67.9 Å². The summed E-state index contributed by atoms with van der Waals surface area (Å²) in [7, 11) is 3.06. The molecule has 2 amide bonds. The predicted octanol–water partition coefficient (Wildman–Crippen LogP) is 3.09. The molecule has 0 aliphatic rings. The van der Waals surface area contributed by atoms with Crippen LogP contribution in [0.1, 0.15) is 45.1 Å². The van der Waals surface area contributed by atoms with Crippen molar-refractivity contribution in [2.24, 2.45) is 0 Å². The molecule has 24 heavy (non-hydrogen) atoms. The van der Waals surface area contributed by atoms with Gasteiger partial charge in [0.1, 0.15) is 5.60 Å². The molecule has 1 aromatic rings. The van der Waals surface area contributed by atoms with Gasteiger partial charge in [-0.25, -0.2) is 9.86 Å². The first kappa shape index (κ1) is 20.0. The quantitative estimate of drug-likeness (QED) is 0.614. The van der Waals surface area contributed by atoms with Gasteiger partial charge in [0, 0.05) is 13.6 Å². The molecular weight excluding hydrogens is 308 g/mol. The SMILES string of the molecule is CON(C)C(=O)C(CCCNC(=O)OC(C)(C)C)c1ccccc1. The van der Waals surface area contributed by atoms with E-state index in [0.717, 1.165) is 5.56 Å². The molecule has 1 rings (SSSR count). The monoisotopic (exact) mass is 336 g/mol.